The van der Waals surface area contributed by atoms with Gasteiger partial charge in [0.15, 0.2) is 0 Å². The third-order valence-electron chi connectivity index (χ3n) is 2.30. The molecule has 0 fully saturated rings. The number of hydrogen-bond donors (Lipinski definition) is 0. The average molecular weight is 211 g/mol. The second kappa shape index (κ2) is 3.47. The molecule has 2 nitrogen and oxygen atoms in total. The van der Waals surface area contributed by atoms with Crippen LogP contribution in [-0.4, -0.2) is 11.4 Å². The SMILES string of the molecule is N#CC1=C2C(F)=CC(Cl)=CN2CCC1. The van der Waals surface area contributed by atoms with Gasteiger partial charge in [-0.15, -0.1) is 0 Å². The number of fused-ring (bicyclic) bond motifs is 1. The van der Waals surface area contributed by atoms with Crippen LogP contribution in [0.4, 0.5) is 4.39 Å². The number of rotatable bonds is 0. The summed E-state index contributed by atoms with van der Waals surface area (Å²) < 4.78 is 13.5. The van der Waals surface area contributed by atoms with Crippen molar-refractivity contribution < 1.29 is 4.39 Å². The molecule has 2 aliphatic heterocycles. The minimum absolute atomic E-state index is 0.366. The second-order valence-corrected chi connectivity index (χ2v) is 3.68. The fourth-order valence-corrected chi connectivity index (χ4v) is 1.94. The van der Waals surface area contributed by atoms with Gasteiger partial charge in [-0.05, 0) is 18.9 Å². The molecule has 2 heterocycles. The van der Waals surface area contributed by atoms with Crippen LogP contribution in [0, 0.1) is 11.3 Å². The van der Waals surface area contributed by atoms with E-state index in [9.17, 15) is 4.39 Å². The number of nitriles is 1. The van der Waals surface area contributed by atoms with Gasteiger partial charge in [-0.2, -0.15) is 5.26 Å². The van der Waals surface area contributed by atoms with E-state index in [1.54, 1.807) is 11.1 Å². The van der Waals surface area contributed by atoms with Crippen LogP contribution in [0.25, 0.3) is 0 Å². The lowest BCUT2D eigenvalue weighted by Crippen LogP contribution is -2.26. The first kappa shape index (κ1) is 9.29. The zero-order chi connectivity index (χ0) is 10.1. The molecular weight excluding hydrogens is 203 g/mol. The van der Waals surface area contributed by atoms with E-state index >= 15 is 0 Å². The Bertz CT molecular complexity index is 401. The second-order valence-electron chi connectivity index (χ2n) is 3.24. The highest BCUT2D eigenvalue weighted by Crippen LogP contribution is 2.33. The predicted octanol–water partition coefficient (Wildman–Crippen LogP) is 2.81. The van der Waals surface area contributed by atoms with Crippen molar-refractivity contribution in [3.8, 4) is 6.07 Å². The summed E-state index contributed by atoms with van der Waals surface area (Å²) in [4.78, 5) is 1.71. The molecule has 0 amide bonds. The summed E-state index contributed by atoms with van der Waals surface area (Å²) in [6, 6.07) is 2.03. The van der Waals surface area contributed by atoms with Crippen molar-refractivity contribution in [2.24, 2.45) is 0 Å². The Kier molecular flexibility index (Phi) is 2.30. The summed E-state index contributed by atoms with van der Waals surface area (Å²) >= 11 is 5.72. The molecular formula is C10H8ClFN2. The van der Waals surface area contributed by atoms with Crippen LogP contribution in [0.2, 0.25) is 0 Å². The predicted molar refractivity (Wildman–Crippen MR) is 51.7 cm³/mol. The molecule has 0 N–H and O–H groups in total. The smallest absolute Gasteiger partial charge is 0.149 e. The summed E-state index contributed by atoms with van der Waals surface area (Å²) in [6.07, 6.45) is 4.42. The van der Waals surface area contributed by atoms with Gasteiger partial charge in [0.05, 0.1) is 22.4 Å². The van der Waals surface area contributed by atoms with Crippen LogP contribution in [0.3, 0.4) is 0 Å². The number of allylic oxidation sites excluding steroid dienone is 4. The van der Waals surface area contributed by atoms with Crippen LogP contribution in [-0.2, 0) is 0 Å². The molecule has 0 aromatic rings. The molecule has 0 unspecified atom stereocenters. The van der Waals surface area contributed by atoms with Gasteiger partial charge in [-0.1, -0.05) is 11.6 Å². The summed E-state index contributed by atoms with van der Waals surface area (Å²) in [7, 11) is 0. The maximum Gasteiger partial charge on any atom is 0.149 e. The van der Waals surface area contributed by atoms with E-state index < -0.39 is 5.83 Å². The standard InChI is InChI=1S/C10H8ClFN2/c11-8-4-9(12)10-7(5-13)2-1-3-14(10)6-8/h4,6H,1-3H2. The minimum Gasteiger partial charge on any atom is -0.343 e. The third kappa shape index (κ3) is 1.42. The lowest BCUT2D eigenvalue weighted by atomic mass is 10.0. The van der Waals surface area contributed by atoms with Crippen molar-refractivity contribution in [1.82, 2.24) is 4.90 Å². The van der Waals surface area contributed by atoms with E-state index in [0.29, 0.717) is 22.7 Å². The fourth-order valence-electron chi connectivity index (χ4n) is 1.72. The molecule has 0 atom stereocenters. The highest BCUT2D eigenvalue weighted by atomic mass is 35.5. The topological polar surface area (TPSA) is 27.0 Å². The quantitative estimate of drug-likeness (QED) is 0.615. The first-order chi connectivity index (χ1) is 6.72. The maximum absolute atomic E-state index is 13.5. The van der Waals surface area contributed by atoms with Gasteiger partial charge in [0.2, 0.25) is 0 Å². The van der Waals surface area contributed by atoms with Crippen LogP contribution in [0.5, 0.6) is 0 Å². The fraction of sp³-hybridized carbons (Fsp3) is 0.300. The lowest BCUT2D eigenvalue weighted by molar-refractivity contribution is 0.398. The zero-order valence-corrected chi connectivity index (χ0v) is 8.18. The van der Waals surface area contributed by atoms with Crippen molar-refractivity contribution in [3.05, 3.63) is 34.4 Å². The molecule has 0 saturated carbocycles. The van der Waals surface area contributed by atoms with E-state index in [0.717, 1.165) is 13.0 Å². The Morgan fingerprint density at radius 2 is 2.36 bits per heavy atom. The van der Waals surface area contributed by atoms with Gasteiger partial charge in [0, 0.05) is 12.7 Å². The summed E-state index contributed by atoms with van der Waals surface area (Å²) in [5.41, 5.74) is 0.897. The molecule has 0 spiro atoms. The first-order valence-electron chi connectivity index (χ1n) is 4.37. The molecule has 2 aliphatic rings. The van der Waals surface area contributed by atoms with Crippen LogP contribution >= 0.6 is 11.6 Å². The zero-order valence-electron chi connectivity index (χ0n) is 7.43. The Balaban J connectivity index is 2.51. The minimum atomic E-state index is -0.409. The third-order valence-corrected chi connectivity index (χ3v) is 2.51. The Labute approximate surface area is 86.6 Å². The highest BCUT2D eigenvalue weighted by molar-refractivity contribution is 6.31. The van der Waals surface area contributed by atoms with Gasteiger partial charge in [0.25, 0.3) is 0 Å². The van der Waals surface area contributed by atoms with Crippen molar-refractivity contribution in [3.63, 3.8) is 0 Å². The Morgan fingerprint density at radius 3 is 3.07 bits per heavy atom. The van der Waals surface area contributed by atoms with Crippen molar-refractivity contribution in [2.75, 3.05) is 6.54 Å². The molecule has 0 aromatic heterocycles. The van der Waals surface area contributed by atoms with Gasteiger partial charge < -0.3 is 4.90 Å². The Hall–Kier alpha value is -1.27. The summed E-state index contributed by atoms with van der Waals surface area (Å²) in [6.45, 7) is 0.720. The highest BCUT2D eigenvalue weighted by Gasteiger charge is 2.25. The van der Waals surface area contributed by atoms with E-state index in [4.69, 9.17) is 16.9 Å². The van der Waals surface area contributed by atoms with Crippen LogP contribution in [0.15, 0.2) is 34.4 Å². The Morgan fingerprint density at radius 1 is 1.57 bits per heavy atom. The van der Waals surface area contributed by atoms with E-state index in [2.05, 4.69) is 0 Å². The van der Waals surface area contributed by atoms with Gasteiger partial charge in [-0.3, -0.25) is 0 Å². The summed E-state index contributed by atoms with van der Waals surface area (Å²) in [5.74, 6) is -0.409. The molecule has 0 aliphatic carbocycles. The van der Waals surface area contributed by atoms with Gasteiger partial charge in [-0.25, -0.2) is 4.39 Å². The van der Waals surface area contributed by atoms with Crippen LogP contribution in [0.1, 0.15) is 12.8 Å². The molecule has 0 saturated heterocycles. The van der Waals surface area contributed by atoms with Gasteiger partial charge in [0.1, 0.15) is 5.83 Å². The number of hydrogen-bond acceptors (Lipinski definition) is 2. The molecule has 2 rings (SSSR count). The first-order valence-corrected chi connectivity index (χ1v) is 4.75. The monoisotopic (exact) mass is 210 g/mol. The molecule has 0 bridgehead atoms. The molecule has 4 heteroatoms. The molecule has 0 aromatic carbocycles. The van der Waals surface area contributed by atoms with E-state index in [-0.39, 0.29) is 0 Å². The van der Waals surface area contributed by atoms with Crippen LogP contribution < -0.4 is 0 Å². The van der Waals surface area contributed by atoms with Crippen molar-refractivity contribution >= 4 is 11.6 Å². The summed E-state index contributed by atoms with van der Waals surface area (Å²) in [5, 5.41) is 9.20. The number of nitrogens with zero attached hydrogens (tertiary/aromatic N) is 2. The lowest BCUT2D eigenvalue weighted by Gasteiger charge is -2.30. The molecule has 0 radical (unpaired) electrons. The van der Waals surface area contributed by atoms with Crippen molar-refractivity contribution in [2.45, 2.75) is 12.8 Å². The molecule has 72 valence electrons. The number of halogens is 2. The average Bonchev–Trinajstić information content (AvgIpc) is 2.16. The van der Waals surface area contributed by atoms with Gasteiger partial charge >= 0.3 is 0 Å². The van der Waals surface area contributed by atoms with Crippen molar-refractivity contribution in [1.29, 1.82) is 5.26 Å². The molecule has 14 heavy (non-hydrogen) atoms. The van der Waals surface area contributed by atoms with E-state index in [1.165, 1.54) is 6.08 Å². The van der Waals surface area contributed by atoms with E-state index in [1.807, 2.05) is 6.07 Å². The normalized spacial score (nSPS) is 21.1. The largest absolute Gasteiger partial charge is 0.343 e. The maximum atomic E-state index is 13.5.